The Labute approximate surface area is 105 Å². The van der Waals surface area contributed by atoms with Crippen molar-refractivity contribution in [2.24, 2.45) is 23.7 Å². The summed E-state index contributed by atoms with van der Waals surface area (Å²) in [7, 11) is 1.20. The van der Waals surface area contributed by atoms with Gasteiger partial charge in [0.15, 0.2) is 0 Å². The van der Waals surface area contributed by atoms with Crippen molar-refractivity contribution in [1.82, 2.24) is 0 Å². The summed E-state index contributed by atoms with van der Waals surface area (Å²) >= 11 is 0.0944. The first-order chi connectivity index (χ1) is 8.29. The highest BCUT2D eigenvalue weighted by Gasteiger charge is 2.77. The number of alkyl halides is 4. The number of hydrogen-bond donors (Lipinski definition) is 0. The molecule has 0 unspecified atom stereocenters. The van der Waals surface area contributed by atoms with Crippen LogP contribution < -0.4 is 0 Å². The van der Waals surface area contributed by atoms with Gasteiger partial charge < -0.3 is 4.74 Å². The molecule has 1 saturated heterocycles. The summed E-state index contributed by atoms with van der Waals surface area (Å²) in [6.45, 7) is 0. The molecule has 0 aromatic heterocycles. The molecule has 7 heteroatoms. The zero-order valence-corrected chi connectivity index (χ0v) is 10.4. The minimum Gasteiger partial charge on any atom is -0.469 e. The van der Waals surface area contributed by atoms with Crippen molar-refractivity contribution >= 4 is 17.7 Å². The number of rotatable bonds is 1. The number of ether oxygens (including phenoxy) is 1. The molecular formula is C11H12F4O2S. The van der Waals surface area contributed by atoms with Crippen LogP contribution in [0.5, 0.6) is 0 Å². The quantitative estimate of drug-likeness (QED) is 0.547. The van der Waals surface area contributed by atoms with E-state index in [1.165, 1.54) is 7.11 Å². The second-order valence-corrected chi connectivity index (χ2v) is 6.57. The fraction of sp³-hybridized carbons (Fsp3) is 0.909. The van der Waals surface area contributed by atoms with Crippen molar-refractivity contribution < 1.29 is 27.1 Å². The van der Waals surface area contributed by atoms with Crippen LogP contribution in [0, 0.1) is 23.7 Å². The largest absolute Gasteiger partial charge is 0.469 e. The SMILES string of the molecule is COC(=O)[C@H]1C[C@H]2C[C@@H]1[C@@H]1[C@@H]2SC(F)(F)C1(F)F. The van der Waals surface area contributed by atoms with Gasteiger partial charge in [0.25, 0.3) is 0 Å². The highest BCUT2D eigenvalue weighted by Crippen LogP contribution is 2.70. The number of carbonyl (C=O) groups is 1. The molecule has 3 aliphatic rings. The minimum absolute atomic E-state index is 0.0944. The lowest BCUT2D eigenvalue weighted by molar-refractivity contribution is -0.188. The Morgan fingerprint density at radius 2 is 1.94 bits per heavy atom. The molecule has 0 radical (unpaired) electrons. The Hall–Kier alpha value is -0.460. The first-order valence-corrected chi connectivity index (χ1v) is 6.69. The zero-order chi connectivity index (χ0) is 13.3. The Morgan fingerprint density at radius 1 is 1.28 bits per heavy atom. The van der Waals surface area contributed by atoms with E-state index in [0.717, 1.165) is 0 Å². The fourth-order valence-electron chi connectivity index (χ4n) is 3.82. The number of methoxy groups -OCH3 is 1. The predicted octanol–water partition coefficient (Wildman–Crippen LogP) is 2.78. The zero-order valence-electron chi connectivity index (χ0n) is 9.54. The molecule has 0 aromatic rings. The van der Waals surface area contributed by atoms with Crippen molar-refractivity contribution in [1.29, 1.82) is 0 Å². The molecule has 0 aromatic carbocycles. The summed E-state index contributed by atoms with van der Waals surface area (Å²) in [5.41, 5.74) is 0. The number of thioether (sulfide) groups is 1. The van der Waals surface area contributed by atoms with Crippen LogP contribution in [0.4, 0.5) is 17.6 Å². The van der Waals surface area contributed by atoms with Crippen molar-refractivity contribution in [3.63, 3.8) is 0 Å². The van der Waals surface area contributed by atoms with E-state index in [0.29, 0.717) is 12.8 Å². The second kappa shape index (κ2) is 3.55. The van der Waals surface area contributed by atoms with E-state index in [1.807, 2.05) is 0 Å². The maximum atomic E-state index is 13.8. The van der Waals surface area contributed by atoms with Crippen LogP contribution in [-0.4, -0.2) is 29.5 Å². The van der Waals surface area contributed by atoms with E-state index < -0.39 is 40.2 Å². The molecule has 1 heterocycles. The molecule has 3 rings (SSSR count). The number of halogens is 4. The molecule has 2 bridgehead atoms. The van der Waals surface area contributed by atoms with E-state index in [2.05, 4.69) is 4.74 Å². The standard InChI is InChI=1S/C11H12F4O2S/c1-17-9(16)6-3-4-2-5(6)7-8(4)18-11(14,15)10(7,12)13/h4-8H,2-3H2,1H3/t4-,5+,6+,7-,8-/m1/s1. The van der Waals surface area contributed by atoms with Gasteiger partial charge in [0.05, 0.1) is 13.0 Å². The van der Waals surface area contributed by atoms with Crippen molar-refractivity contribution in [2.45, 2.75) is 29.3 Å². The molecule has 0 amide bonds. The van der Waals surface area contributed by atoms with Gasteiger partial charge in [-0.3, -0.25) is 4.79 Å². The van der Waals surface area contributed by atoms with Gasteiger partial charge in [-0.2, -0.15) is 17.6 Å². The molecule has 2 aliphatic carbocycles. The average Bonchev–Trinajstić information content (AvgIpc) is 2.88. The highest BCUT2D eigenvalue weighted by atomic mass is 32.2. The molecule has 1 aliphatic heterocycles. The number of esters is 1. The van der Waals surface area contributed by atoms with Crippen LogP contribution in [0.15, 0.2) is 0 Å². The van der Waals surface area contributed by atoms with E-state index in [-0.39, 0.29) is 17.7 Å². The van der Waals surface area contributed by atoms with Crippen molar-refractivity contribution in [3.8, 4) is 0 Å². The molecule has 2 saturated carbocycles. The fourth-order valence-corrected chi connectivity index (χ4v) is 5.39. The van der Waals surface area contributed by atoms with Gasteiger partial charge in [-0.15, -0.1) is 0 Å². The molecule has 102 valence electrons. The minimum atomic E-state index is -4.02. The Balaban J connectivity index is 1.92. The van der Waals surface area contributed by atoms with Gasteiger partial charge in [0, 0.05) is 11.2 Å². The molecule has 3 fully saturated rings. The van der Waals surface area contributed by atoms with E-state index >= 15 is 0 Å². The molecular weight excluding hydrogens is 272 g/mol. The average molecular weight is 284 g/mol. The van der Waals surface area contributed by atoms with Crippen LogP contribution >= 0.6 is 11.8 Å². The number of fused-ring (bicyclic) bond motifs is 5. The molecule has 2 nitrogen and oxygen atoms in total. The lowest BCUT2D eigenvalue weighted by Gasteiger charge is -2.31. The van der Waals surface area contributed by atoms with Crippen molar-refractivity contribution in [2.75, 3.05) is 7.11 Å². The van der Waals surface area contributed by atoms with Gasteiger partial charge in [0.2, 0.25) is 0 Å². The normalized spacial score (nSPS) is 47.1. The first kappa shape index (κ1) is 12.6. The van der Waals surface area contributed by atoms with Crippen molar-refractivity contribution in [3.05, 3.63) is 0 Å². The monoisotopic (exact) mass is 284 g/mol. The van der Waals surface area contributed by atoms with E-state index in [4.69, 9.17) is 0 Å². The second-order valence-electron chi connectivity index (χ2n) is 5.27. The molecule has 5 atom stereocenters. The van der Waals surface area contributed by atoms with Gasteiger partial charge in [0.1, 0.15) is 0 Å². The summed E-state index contributed by atoms with van der Waals surface area (Å²) in [5, 5.41) is -4.73. The predicted molar refractivity (Wildman–Crippen MR) is 56.5 cm³/mol. The third-order valence-corrected chi connectivity index (χ3v) is 6.04. The van der Waals surface area contributed by atoms with E-state index in [1.54, 1.807) is 0 Å². The third kappa shape index (κ3) is 1.34. The van der Waals surface area contributed by atoms with Crippen LogP contribution in [0.25, 0.3) is 0 Å². The lowest BCUT2D eigenvalue weighted by Crippen LogP contribution is -2.45. The summed E-state index contributed by atoms with van der Waals surface area (Å²) in [5.74, 6) is -7.47. The van der Waals surface area contributed by atoms with Gasteiger partial charge >= 0.3 is 17.1 Å². The molecule has 18 heavy (non-hydrogen) atoms. The maximum absolute atomic E-state index is 13.8. The summed E-state index contributed by atoms with van der Waals surface area (Å²) in [4.78, 5) is 11.5. The van der Waals surface area contributed by atoms with Crippen LogP contribution in [0.2, 0.25) is 0 Å². The first-order valence-electron chi connectivity index (χ1n) is 5.81. The van der Waals surface area contributed by atoms with Gasteiger partial charge in [-0.05, 0) is 24.7 Å². The topological polar surface area (TPSA) is 26.3 Å². The van der Waals surface area contributed by atoms with Gasteiger partial charge in [-0.25, -0.2) is 0 Å². The summed E-state index contributed by atoms with van der Waals surface area (Å²) in [6.07, 6.45) is 0.839. The summed E-state index contributed by atoms with van der Waals surface area (Å²) in [6, 6.07) is 0. The lowest BCUT2D eigenvalue weighted by atomic mass is 9.77. The van der Waals surface area contributed by atoms with E-state index in [9.17, 15) is 22.4 Å². The van der Waals surface area contributed by atoms with Crippen LogP contribution in [0.1, 0.15) is 12.8 Å². The molecule has 0 spiro atoms. The smallest absolute Gasteiger partial charge is 0.356 e. The summed E-state index contributed by atoms with van der Waals surface area (Å²) < 4.78 is 58.7. The maximum Gasteiger partial charge on any atom is 0.356 e. The van der Waals surface area contributed by atoms with Gasteiger partial charge in [-0.1, -0.05) is 11.8 Å². The van der Waals surface area contributed by atoms with Crippen LogP contribution in [0.3, 0.4) is 0 Å². The molecule has 0 N–H and O–H groups in total. The van der Waals surface area contributed by atoms with Crippen LogP contribution in [-0.2, 0) is 9.53 Å². The number of hydrogen-bond acceptors (Lipinski definition) is 3. The Kier molecular flexibility index (Phi) is 2.48. The number of carbonyl (C=O) groups excluding carboxylic acids is 1. The Morgan fingerprint density at radius 3 is 2.56 bits per heavy atom. The highest BCUT2D eigenvalue weighted by molar-refractivity contribution is 8.01. The Bertz CT molecular complexity index is 401. The third-order valence-electron chi connectivity index (χ3n) is 4.52.